The molecule has 1 aromatic carbocycles. The largest absolute Gasteiger partial charge is 0.444 e. The van der Waals surface area contributed by atoms with Crippen LogP contribution in [0.2, 0.25) is 0 Å². The Morgan fingerprint density at radius 2 is 1.72 bits per heavy atom. The fraction of sp³-hybridized carbons (Fsp3) is 0.579. The number of urea groups is 1. The number of aryl methyl sites for hydroxylation is 1. The number of amides is 3. The monoisotopic (exact) mass is 345 g/mol. The van der Waals surface area contributed by atoms with Crippen molar-refractivity contribution >= 4 is 12.1 Å². The molecule has 1 aliphatic carbocycles. The minimum Gasteiger partial charge on any atom is -0.444 e. The van der Waals surface area contributed by atoms with E-state index in [0.29, 0.717) is 26.2 Å². The number of hydrogen-bond acceptors (Lipinski definition) is 3. The molecule has 1 heterocycles. The summed E-state index contributed by atoms with van der Waals surface area (Å²) in [7, 11) is 0. The second-order valence-electron chi connectivity index (χ2n) is 7.69. The van der Waals surface area contributed by atoms with Crippen LogP contribution in [0.25, 0.3) is 0 Å². The predicted molar refractivity (Wildman–Crippen MR) is 95.4 cm³/mol. The van der Waals surface area contributed by atoms with Gasteiger partial charge in [0, 0.05) is 26.2 Å². The van der Waals surface area contributed by atoms with Gasteiger partial charge in [-0.25, -0.2) is 9.59 Å². The van der Waals surface area contributed by atoms with Crippen molar-refractivity contribution in [2.24, 2.45) is 0 Å². The number of nitrogens with zero attached hydrogens (tertiary/aromatic N) is 2. The van der Waals surface area contributed by atoms with Crippen LogP contribution in [0.5, 0.6) is 0 Å². The maximum Gasteiger partial charge on any atom is 0.410 e. The number of ether oxygens (including phenoxy) is 1. The van der Waals surface area contributed by atoms with Crippen molar-refractivity contribution in [3.8, 4) is 0 Å². The van der Waals surface area contributed by atoms with Crippen molar-refractivity contribution in [3.63, 3.8) is 0 Å². The average Bonchev–Trinajstić information content (AvgIpc) is 2.96. The lowest BCUT2D eigenvalue weighted by Crippen LogP contribution is -2.54. The van der Waals surface area contributed by atoms with Crippen molar-refractivity contribution < 1.29 is 14.3 Å². The molecule has 1 saturated heterocycles. The molecule has 0 radical (unpaired) electrons. The number of carbonyl (C=O) groups is 2. The SMILES string of the molecule is CC(C)(C)OC(=O)N1CCN(C(=O)NC2CCc3ccccc32)CC1. The van der Waals surface area contributed by atoms with Crippen LogP contribution in [0, 0.1) is 0 Å². The fourth-order valence-corrected chi connectivity index (χ4v) is 3.37. The second kappa shape index (κ2) is 6.94. The minimum absolute atomic E-state index is 0.0504. The first-order chi connectivity index (χ1) is 11.8. The number of benzene rings is 1. The van der Waals surface area contributed by atoms with Crippen molar-refractivity contribution in [3.05, 3.63) is 35.4 Å². The Morgan fingerprint density at radius 3 is 2.40 bits per heavy atom. The molecule has 1 N–H and O–H groups in total. The first kappa shape index (κ1) is 17.6. The fourth-order valence-electron chi connectivity index (χ4n) is 3.37. The molecule has 1 aromatic rings. The van der Waals surface area contributed by atoms with Crippen molar-refractivity contribution in [1.82, 2.24) is 15.1 Å². The van der Waals surface area contributed by atoms with E-state index in [2.05, 4.69) is 17.4 Å². The lowest BCUT2D eigenvalue weighted by molar-refractivity contribution is 0.0169. The molecular formula is C19H27N3O3. The zero-order valence-electron chi connectivity index (χ0n) is 15.2. The number of fused-ring (bicyclic) bond motifs is 1. The van der Waals surface area contributed by atoms with E-state index >= 15 is 0 Å². The van der Waals surface area contributed by atoms with Gasteiger partial charge in [-0.05, 0) is 44.7 Å². The van der Waals surface area contributed by atoms with Gasteiger partial charge in [0.15, 0.2) is 0 Å². The van der Waals surface area contributed by atoms with Crippen molar-refractivity contribution in [2.75, 3.05) is 26.2 Å². The summed E-state index contributed by atoms with van der Waals surface area (Å²) in [6.07, 6.45) is 1.65. The molecule has 0 aromatic heterocycles. The molecule has 3 rings (SSSR count). The summed E-state index contributed by atoms with van der Waals surface area (Å²) in [4.78, 5) is 28.1. The van der Waals surface area contributed by atoms with E-state index < -0.39 is 5.60 Å². The Morgan fingerprint density at radius 1 is 1.08 bits per heavy atom. The van der Waals surface area contributed by atoms with E-state index in [9.17, 15) is 9.59 Å². The van der Waals surface area contributed by atoms with Crippen LogP contribution >= 0.6 is 0 Å². The van der Waals surface area contributed by atoms with E-state index in [1.807, 2.05) is 32.9 Å². The molecule has 0 spiro atoms. The summed E-state index contributed by atoms with van der Waals surface area (Å²) in [5.74, 6) is 0. The van der Waals surface area contributed by atoms with Crippen LogP contribution < -0.4 is 5.32 Å². The summed E-state index contributed by atoms with van der Waals surface area (Å²) >= 11 is 0. The molecular weight excluding hydrogens is 318 g/mol. The number of hydrogen-bond donors (Lipinski definition) is 1. The maximum absolute atomic E-state index is 12.5. The maximum atomic E-state index is 12.5. The van der Waals surface area contributed by atoms with Crippen LogP contribution in [0.15, 0.2) is 24.3 Å². The number of carbonyl (C=O) groups excluding carboxylic acids is 2. The van der Waals surface area contributed by atoms with Gasteiger partial charge < -0.3 is 19.9 Å². The molecule has 3 amide bonds. The Bertz CT molecular complexity index is 646. The average molecular weight is 345 g/mol. The summed E-state index contributed by atoms with van der Waals surface area (Å²) in [6, 6.07) is 8.31. The molecule has 6 heteroatoms. The van der Waals surface area contributed by atoms with Gasteiger partial charge in [-0.2, -0.15) is 0 Å². The normalized spacial score (nSPS) is 20.2. The van der Waals surface area contributed by atoms with Gasteiger partial charge in [-0.15, -0.1) is 0 Å². The van der Waals surface area contributed by atoms with Crippen LogP contribution in [0.1, 0.15) is 44.4 Å². The van der Waals surface area contributed by atoms with E-state index in [-0.39, 0.29) is 18.2 Å². The molecule has 1 fully saturated rings. The van der Waals surface area contributed by atoms with Crippen LogP contribution in [0.3, 0.4) is 0 Å². The highest BCUT2D eigenvalue weighted by atomic mass is 16.6. The Labute approximate surface area is 149 Å². The highest BCUT2D eigenvalue weighted by Crippen LogP contribution is 2.30. The molecule has 0 bridgehead atoms. The van der Waals surface area contributed by atoms with Crippen molar-refractivity contribution in [1.29, 1.82) is 0 Å². The van der Waals surface area contributed by atoms with E-state index in [1.165, 1.54) is 11.1 Å². The number of rotatable bonds is 1. The summed E-state index contributed by atoms with van der Waals surface area (Å²) < 4.78 is 5.39. The molecule has 136 valence electrons. The highest BCUT2D eigenvalue weighted by Gasteiger charge is 2.30. The standard InChI is InChI=1S/C19H27N3O3/c1-19(2,3)25-18(24)22-12-10-21(11-13-22)17(23)20-16-9-8-14-6-4-5-7-15(14)16/h4-7,16H,8-13H2,1-3H3,(H,20,23). The molecule has 1 atom stereocenters. The van der Waals surface area contributed by atoms with Gasteiger partial charge in [0.2, 0.25) is 0 Å². The van der Waals surface area contributed by atoms with Crippen LogP contribution in [-0.4, -0.2) is 53.7 Å². The van der Waals surface area contributed by atoms with E-state index in [1.54, 1.807) is 9.80 Å². The quantitative estimate of drug-likeness (QED) is 0.851. The van der Waals surface area contributed by atoms with Gasteiger partial charge >= 0.3 is 12.1 Å². The smallest absolute Gasteiger partial charge is 0.410 e. The lowest BCUT2D eigenvalue weighted by atomic mass is 10.1. The molecule has 25 heavy (non-hydrogen) atoms. The van der Waals surface area contributed by atoms with E-state index in [4.69, 9.17) is 4.74 Å². The Kier molecular flexibility index (Phi) is 4.88. The summed E-state index contributed by atoms with van der Waals surface area (Å²) in [6.45, 7) is 7.63. The second-order valence-corrected chi connectivity index (χ2v) is 7.69. The number of piperazine rings is 1. The lowest BCUT2D eigenvalue weighted by Gasteiger charge is -2.36. The molecule has 1 unspecified atom stereocenters. The van der Waals surface area contributed by atoms with Gasteiger partial charge in [0.05, 0.1) is 6.04 Å². The van der Waals surface area contributed by atoms with Crippen molar-refractivity contribution in [2.45, 2.75) is 45.3 Å². The third-order valence-electron chi connectivity index (χ3n) is 4.65. The molecule has 0 saturated carbocycles. The zero-order valence-corrected chi connectivity index (χ0v) is 15.2. The van der Waals surface area contributed by atoms with Crippen LogP contribution in [-0.2, 0) is 11.2 Å². The first-order valence-electron chi connectivity index (χ1n) is 8.95. The highest BCUT2D eigenvalue weighted by molar-refractivity contribution is 5.75. The third kappa shape index (κ3) is 4.24. The van der Waals surface area contributed by atoms with Gasteiger partial charge in [-0.1, -0.05) is 24.3 Å². The molecule has 6 nitrogen and oxygen atoms in total. The summed E-state index contributed by atoms with van der Waals surface area (Å²) in [5, 5.41) is 3.14. The molecule has 1 aliphatic heterocycles. The molecule has 2 aliphatic rings. The topological polar surface area (TPSA) is 61.9 Å². The van der Waals surface area contributed by atoms with E-state index in [0.717, 1.165) is 12.8 Å². The Balaban J connectivity index is 1.50. The third-order valence-corrected chi connectivity index (χ3v) is 4.65. The Hall–Kier alpha value is -2.24. The first-order valence-corrected chi connectivity index (χ1v) is 8.95. The van der Waals surface area contributed by atoms with Gasteiger partial charge in [0.1, 0.15) is 5.60 Å². The predicted octanol–water partition coefficient (Wildman–Crippen LogP) is 2.94. The summed E-state index contributed by atoms with van der Waals surface area (Å²) in [5.41, 5.74) is 2.05. The van der Waals surface area contributed by atoms with Gasteiger partial charge in [0.25, 0.3) is 0 Å². The zero-order chi connectivity index (χ0) is 18.0. The minimum atomic E-state index is -0.499. The van der Waals surface area contributed by atoms with Crippen LogP contribution in [0.4, 0.5) is 9.59 Å². The number of nitrogens with one attached hydrogen (secondary N) is 1. The van der Waals surface area contributed by atoms with Gasteiger partial charge in [-0.3, -0.25) is 0 Å².